The predicted octanol–water partition coefficient (Wildman–Crippen LogP) is 2.64. The highest BCUT2D eigenvalue weighted by Gasteiger charge is 2.19. The van der Waals surface area contributed by atoms with Crippen molar-refractivity contribution in [2.24, 2.45) is 0 Å². The molecule has 19 heavy (non-hydrogen) atoms. The van der Waals surface area contributed by atoms with Crippen LogP contribution in [0.15, 0.2) is 30.3 Å². The minimum absolute atomic E-state index is 0.177. The molecule has 0 radical (unpaired) electrons. The van der Waals surface area contributed by atoms with Gasteiger partial charge in [-0.15, -0.1) is 0 Å². The van der Waals surface area contributed by atoms with E-state index in [0.29, 0.717) is 29.5 Å². The van der Waals surface area contributed by atoms with Crippen LogP contribution >= 0.6 is 11.6 Å². The molecular formula is C14H16ClN3O. The van der Waals surface area contributed by atoms with Crippen molar-refractivity contribution in [3.8, 4) is 0 Å². The van der Waals surface area contributed by atoms with E-state index in [0.717, 1.165) is 5.56 Å². The van der Waals surface area contributed by atoms with Gasteiger partial charge in [0.15, 0.2) is 0 Å². The minimum atomic E-state index is -0.177. The smallest absolute Gasteiger partial charge is 0.256 e. The Bertz CT molecular complexity index is 578. The zero-order valence-corrected chi connectivity index (χ0v) is 11.7. The SMILES string of the molecule is CCNC(=O)c1c(C)nn(Cc2ccccc2)c1Cl. The number of nitrogens with zero attached hydrogens (tertiary/aromatic N) is 2. The van der Waals surface area contributed by atoms with Crippen LogP contribution in [0.5, 0.6) is 0 Å². The maximum atomic E-state index is 11.9. The van der Waals surface area contributed by atoms with Crippen LogP contribution in [-0.4, -0.2) is 22.2 Å². The number of aromatic nitrogens is 2. The highest BCUT2D eigenvalue weighted by molar-refractivity contribution is 6.33. The van der Waals surface area contributed by atoms with Crippen molar-refractivity contribution in [3.05, 3.63) is 52.3 Å². The van der Waals surface area contributed by atoms with Gasteiger partial charge in [0.2, 0.25) is 0 Å². The molecule has 1 aromatic heterocycles. The van der Waals surface area contributed by atoms with Crippen LogP contribution in [0.1, 0.15) is 28.5 Å². The maximum Gasteiger partial charge on any atom is 0.256 e. The average molecular weight is 278 g/mol. The van der Waals surface area contributed by atoms with Crippen molar-refractivity contribution in [2.45, 2.75) is 20.4 Å². The molecule has 2 rings (SSSR count). The molecule has 1 aromatic carbocycles. The van der Waals surface area contributed by atoms with Gasteiger partial charge in [0.25, 0.3) is 5.91 Å². The highest BCUT2D eigenvalue weighted by Crippen LogP contribution is 2.20. The molecule has 4 nitrogen and oxygen atoms in total. The van der Waals surface area contributed by atoms with Crippen LogP contribution in [-0.2, 0) is 6.54 Å². The van der Waals surface area contributed by atoms with Gasteiger partial charge in [0.1, 0.15) is 5.15 Å². The number of hydrogen-bond acceptors (Lipinski definition) is 2. The molecule has 0 spiro atoms. The lowest BCUT2D eigenvalue weighted by Crippen LogP contribution is -2.23. The molecule has 0 saturated carbocycles. The van der Waals surface area contributed by atoms with Crippen LogP contribution in [0, 0.1) is 6.92 Å². The fraction of sp³-hybridized carbons (Fsp3) is 0.286. The lowest BCUT2D eigenvalue weighted by molar-refractivity contribution is 0.0955. The monoisotopic (exact) mass is 277 g/mol. The van der Waals surface area contributed by atoms with Gasteiger partial charge in [-0.2, -0.15) is 5.10 Å². The van der Waals surface area contributed by atoms with Crippen molar-refractivity contribution in [1.29, 1.82) is 0 Å². The number of aryl methyl sites for hydroxylation is 1. The molecule has 1 heterocycles. The van der Waals surface area contributed by atoms with Crippen LogP contribution in [0.4, 0.5) is 0 Å². The first-order chi connectivity index (χ1) is 9.13. The van der Waals surface area contributed by atoms with E-state index in [1.165, 1.54) is 0 Å². The number of rotatable bonds is 4. The Hall–Kier alpha value is -1.81. The third-order valence-electron chi connectivity index (χ3n) is 2.80. The summed E-state index contributed by atoms with van der Waals surface area (Å²) in [5.41, 5.74) is 2.20. The Kier molecular flexibility index (Phi) is 4.22. The first-order valence-corrected chi connectivity index (χ1v) is 6.56. The Balaban J connectivity index is 2.29. The molecular weight excluding hydrogens is 262 g/mol. The molecule has 0 bridgehead atoms. The van der Waals surface area contributed by atoms with Gasteiger partial charge in [-0.05, 0) is 19.4 Å². The van der Waals surface area contributed by atoms with Gasteiger partial charge < -0.3 is 5.32 Å². The number of halogens is 1. The van der Waals surface area contributed by atoms with Crippen LogP contribution < -0.4 is 5.32 Å². The number of amides is 1. The third-order valence-corrected chi connectivity index (χ3v) is 3.19. The van der Waals surface area contributed by atoms with Gasteiger partial charge >= 0.3 is 0 Å². The van der Waals surface area contributed by atoms with Gasteiger partial charge in [0.05, 0.1) is 17.8 Å². The molecule has 0 fully saturated rings. The van der Waals surface area contributed by atoms with Gasteiger partial charge in [-0.25, -0.2) is 4.68 Å². The third kappa shape index (κ3) is 2.96. The van der Waals surface area contributed by atoms with E-state index in [4.69, 9.17) is 11.6 Å². The Labute approximate surface area is 117 Å². The van der Waals surface area contributed by atoms with E-state index in [2.05, 4.69) is 10.4 Å². The average Bonchev–Trinajstić information content (AvgIpc) is 2.66. The summed E-state index contributed by atoms with van der Waals surface area (Å²) < 4.78 is 1.65. The molecule has 1 N–H and O–H groups in total. The van der Waals surface area contributed by atoms with E-state index in [1.807, 2.05) is 37.3 Å². The highest BCUT2D eigenvalue weighted by atomic mass is 35.5. The molecule has 100 valence electrons. The Morgan fingerprint density at radius 1 is 1.37 bits per heavy atom. The number of carbonyl (C=O) groups is 1. The molecule has 0 aliphatic rings. The zero-order chi connectivity index (χ0) is 13.8. The largest absolute Gasteiger partial charge is 0.352 e. The quantitative estimate of drug-likeness (QED) is 0.934. The van der Waals surface area contributed by atoms with Crippen molar-refractivity contribution < 1.29 is 4.79 Å². The lowest BCUT2D eigenvalue weighted by atomic mass is 10.2. The first kappa shape index (κ1) is 13.6. The second-order valence-corrected chi connectivity index (χ2v) is 4.61. The molecule has 0 aliphatic carbocycles. The van der Waals surface area contributed by atoms with Gasteiger partial charge in [-0.3, -0.25) is 4.79 Å². The van der Waals surface area contributed by atoms with Crippen molar-refractivity contribution in [3.63, 3.8) is 0 Å². The van der Waals surface area contributed by atoms with Crippen molar-refractivity contribution in [2.75, 3.05) is 6.54 Å². The summed E-state index contributed by atoms with van der Waals surface area (Å²) in [5, 5.41) is 7.46. The van der Waals surface area contributed by atoms with Gasteiger partial charge in [-0.1, -0.05) is 41.9 Å². The van der Waals surface area contributed by atoms with E-state index < -0.39 is 0 Å². The normalized spacial score (nSPS) is 10.5. The van der Waals surface area contributed by atoms with Crippen LogP contribution in [0.3, 0.4) is 0 Å². The molecule has 0 unspecified atom stereocenters. The standard InChI is InChI=1S/C14H16ClN3O/c1-3-16-14(19)12-10(2)17-18(13(12)15)9-11-7-5-4-6-8-11/h4-8H,3,9H2,1-2H3,(H,16,19). The summed E-state index contributed by atoms with van der Waals surface area (Å²) in [6, 6.07) is 9.88. The Morgan fingerprint density at radius 3 is 2.68 bits per heavy atom. The van der Waals surface area contributed by atoms with Crippen LogP contribution in [0.25, 0.3) is 0 Å². The zero-order valence-electron chi connectivity index (χ0n) is 11.0. The topological polar surface area (TPSA) is 46.9 Å². The molecule has 1 amide bonds. The summed E-state index contributed by atoms with van der Waals surface area (Å²) in [6.07, 6.45) is 0. The fourth-order valence-electron chi connectivity index (χ4n) is 1.92. The molecule has 0 atom stereocenters. The predicted molar refractivity (Wildman–Crippen MR) is 75.5 cm³/mol. The number of nitrogens with one attached hydrogen (secondary N) is 1. The second-order valence-electron chi connectivity index (χ2n) is 4.25. The van der Waals surface area contributed by atoms with E-state index in [-0.39, 0.29) is 5.91 Å². The summed E-state index contributed by atoms with van der Waals surface area (Å²) in [6.45, 7) is 4.78. The van der Waals surface area contributed by atoms with Crippen molar-refractivity contribution >= 4 is 17.5 Å². The Morgan fingerprint density at radius 2 is 2.05 bits per heavy atom. The molecule has 0 aliphatic heterocycles. The van der Waals surface area contributed by atoms with E-state index in [1.54, 1.807) is 11.6 Å². The summed E-state index contributed by atoms with van der Waals surface area (Å²) in [5.74, 6) is -0.177. The minimum Gasteiger partial charge on any atom is -0.352 e. The summed E-state index contributed by atoms with van der Waals surface area (Å²) in [7, 11) is 0. The molecule has 0 saturated heterocycles. The van der Waals surface area contributed by atoms with Gasteiger partial charge in [0, 0.05) is 6.54 Å². The summed E-state index contributed by atoms with van der Waals surface area (Å²) >= 11 is 6.25. The molecule has 5 heteroatoms. The van der Waals surface area contributed by atoms with E-state index in [9.17, 15) is 4.79 Å². The second kappa shape index (κ2) is 5.89. The van der Waals surface area contributed by atoms with Crippen molar-refractivity contribution in [1.82, 2.24) is 15.1 Å². The van der Waals surface area contributed by atoms with E-state index >= 15 is 0 Å². The number of hydrogen-bond donors (Lipinski definition) is 1. The lowest BCUT2D eigenvalue weighted by Gasteiger charge is -2.04. The summed E-state index contributed by atoms with van der Waals surface area (Å²) in [4.78, 5) is 11.9. The number of benzene rings is 1. The number of carbonyl (C=O) groups excluding carboxylic acids is 1. The first-order valence-electron chi connectivity index (χ1n) is 6.18. The fourth-order valence-corrected chi connectivity index (χ4v) is 2.24. The molecule has 2 aromatic rings. The maximum absolute atomic E-state index is 11.9. The van der Waals surface area contributed by atoms with Crippen LogP contribution in [0.2, 0.25) is 5.15 Å².